The zero-order chi connectivity index (χ0) is 16.4. The van der Waals surface area contributed by atoms with Crippen LogP contribution in [0, 0.1) is 13.8 Å². The maximum atomic E-state index is 12.0. The first-order valence-electron chi connectivity index (χ1n) is 6.83. The second-order valence-electron chi connectivity index (χ2n) is 5.12. The molecule has 0 fully saturated rings. The topological polar surface area (TPSA) is 57.5 Å². The van der Waals surface area contributed by atoms with Gasteiger partial charge in [-0.2, -0.15) is 0 Å². The number of carbonyl (C=O) groups is 1. The van der Waals surface area contributed by atoms with Gasteiger partial charge in [-0.05, 0) is 31.5 Å². The van der Waals surface area contributed by atoms with Crippen LogP contribution in [0.15, 0.2) is 23.1 Å². The lowest BCUT2D eigenvalue weighted by Crippen LogP contribution is -2.20. The van der Waals surface area contributed by atoms with E-state index in [1.165, 1.54) is 11.7 Å². The molecule has 2 rings (SSSR count). The van der Waals surface area contributed by atoms with E-state index in [2.05, 4.69) is 0 Å². The van der Waals surface area contributed by atoms with Gasteiger partial charge < -0.3 is 14.0 Å². The molecule has 1 heterocycles. The Morgan fingerprint density at radius 2 is 1.64 bits per heavy atom. The van der Waals surface area contributed by atoms with Gasteiger partial charge in [0.05, 0.1) is 19.8 Å². The van der Waals surface area contributed by atoms with Crippen molar-refractivity contribution in [1.29, 1.82) is 0 Å². The fourth-order valence-electron chi connectivity index (χ4n) is 2.47. The highest BCUT2D eigenvalue weighted by Crippen LogP contribution is 2.37. The molecule has 0 aliphatic heterocycles. The third-order valence-electron chi connectivity index (χ3n) is 3.90. The van der Waals surface area contributed by atoms with Crippen LogP contribution >= 0.6 is 0 Å². The van der Waals surface area contributed by atoms with E-state index < -0.39 is 0 Å². The highest BCUT2D eigenvalue weighted by atomic mass is 16.5. The average molecular weight is 301 g/mol. The number of rotatable bonds is 4. The summed E-state index contributed by atoms with van der Waals surface area (Å²) in [6.45, 7) is 3.69. The van der Waals surface area contributed by atoms with Crippen molar-refractivity contribution in [2.45, 2.75) is 13.8 Å². The molecule has 1 aromatic heterocycles. The summed E-state index contributed by atoms with van der Waals surface area (Å²) in [5, 5.41) is 0. The Balaban J connectivity index is 2.82. The van der Waals surface area contributed by atoms with E-state index in [1.807, 2.05) is 6.92 Å². The second kappa shape index (κ2) is 6.05. The average Bonchev–Trinajstić information content (AvgIpc) is 2.54. The van der Waals surface area contributed by atoms with Crippen LogP contribution in [0.1, 0.15) is 21.5 Å². The second-order valence-corrected chi connectivity index (χ2v) is 5.12. The number of hydrogen-bond acceptors (Lipinski definition) is 4. The van der Waals surface area contributed by atoms with Gasteiger partial charge in [-0.1, -0.05) is 0 Å². The van der Waals surface area contributed by atoms with Crippen LogP contribution in [0.4, 0.5) is 0 Å². The molecule has 0 N–H and O–H groups in total. The molecular weight excluding hydrogens is 282 g/mol. The third-order valence-corrected chi connectivity index (χ3v) is 3.90. The number of ether oxygens (including phenoxy) is 2. The SMILES string of the molecule is COc1cc(-c2cn(C)c(=O)c(C)c2C)c(OC)cc1C=O. The fraction of sp³-hybridized carbons (Fsp3) is 0.294. The quantitative estimate of drug-likeness (QED) is 0.814. The maximum Gasteiger partial charge on any atom is 0.253 e. The number of carbonyl (C=O) groups excluding carboxylic acids is 1. The molecular formula is C17H19NO4. The van der Waals surface area contributed by atoms with E-state index in [9.17, 15) is 9.59 Å². The molecule has 5 nitrogen and oxygen atoms in total. The van der Waals surface area contributed by atoms with Crippen molar-refractivity contribution < 1.29 is 14.3 Å². The van der Waals surface area contributed by atoms with E-state index in [4.69, 9.17) is 9.47 Å². The molecule has 0 aliphatic rings. The monoisotopic (exact) mass is 301 g/mol. The van der Waals surface area contributed by atoms with Crippen LogP contribution in [0.25, 0.3) is 11.1 Å². The number of aromatic nitrogens is 1. The first-order chi connectivity index (χ1) is 10.4. The summed E-state index contributed by atoms with van der Waals surface area (Å²) in [5.74, 6) is 1.03. The number of hydrogen-bond donors (Lipinski definition) is 0. The van der Waals surface area contributed by atoms with Crippen LogP contribution in [0.5, 0.6) is 11.5 Å². The van der Waals surface area contributed by atoms with Gasteiger partial charge in [0.15, 0.2) is 6.29 Å². The molecule has 2 aromatic rings. The summed E-state index contributed by atoms with van der Waals surface area (Å²) in [6.07, 6.45) is 2.49. The lowest BCUT2D eigenvalue weighted by Gasteiger charge is -2.16. The molecule has 0 radical (unpaired) electrons. The Labute approximate surface area is 129 Å². The minimum absolute atomic E-state index is 0.0308. The highest BCUT2D eigenvalue weighted by molar-refractivity contribution is 5.85. The van der Waals surface area contributed by atoms with Crippen LogP contribution in [0.2, 0.25) is 0 Å². The highest BCUT2D eigenvalue weighted by Gasteiger charge is 2.16. The van der Waals surface area contributed by atoms with E-state index in [0.717, 1.165) is 23.0 Å². The van der Waals surface area contributed by atoms with Gasteiger partial charge in [0.25, 0.3) is 5.56 Å². The summed E-state index contributed by atoms with van der Waals surface area (Å²) >= 11 is 0. The van der Waals surface area contributed by atoms with Crippen molar-refractivity contribution in [3.05, 3.63) is 45.4 Å². The standard InChI is InChI=1S/C17H19NO4/c1-10-11(2)17(20)18(3)8-14(10)13-7-15(21-4)12(9-19)6-16(13)22-5/h6-9H,1-5H3. The molecule has 0 aliphatic carbocycles. The van der Waals surface area contributed by atoms with Crippen LogP contribution in [0.3, 0.4) is 0 Å². The maximum absolute atomic E-state index is 12.0. The van der Waals surface area contributed by atoms with Crippen molar-refractivity contribution in [3.8, 4) is 22.6 Å². The molecule has 0 atom stereocenters. The minimum atomic E-state index is -0.0308. The van der Waals surface area contributed by atoms with Crippen LogP contribution < -0.4 is 15.0 Å². The normalized spacial score (nSPS) is 10.4. The fourth-order valence-corrected chi connectivity index (χ4v) is 2.47. The summed E-state index contributed by atoms with van der Waals surface area (Å²) in [7, 11) is 4.77. The van der Waals surface area contributed by atoms with Crippen molar-refractivity contribution in [2.75, 3.05) is 14.2 Å². The Bertz CT molecular complexity index is 790. The molecule has 0 saturated heterocycles. The van der Waals surface area contributed by atoms with Gasteiger partial charge in [0.2, 0.25) is 0 Å². The lowest BCUT2D eigenvalue weighted by molar-refractivity contribution is 0.112. The van der Waals surface area contributed by atoms with E-state index in [1.54, 1.807) is 39.4 Å². The van der Waals surface area contributed by atoms with Gasteiger partial charge in [0.1, 0.15) is 11.5 Å². The molecule has 5 heteroatoms. The number of benzene rings is 1. The van der Waals surface area contributed by atoms with Crippen LogP contribution in [-0.4, -0.2) is 25.1 Å². The van der Waals surface area contributed by atoms with Gasteiger partial charge in [0, 0.05) is 29.9 Å². The van der Waals surface area contributed by atoms with E-state index >= 15 is 0 Å². The Morgan fingerprint density at radius 1 is 1.00 bits per heavy atom. The Morgan fingerprint density at radius 3 is 2.18 bits per heavy atom. The van der Waals surface area contributed by atoms with Crippen molar-refractivity contribution in [1.82, 2.24) is 4.57 Å². The first-order valence-corrected chi connectivity index (χ1v) is 6.83. The predicted molar refractivity (Wildman–Crippen MR) is 85.1 cm³/mol. The van der Waals surface area contributed by atoms with Gasteiger partial charge >= 0.3 is 0 Å². The predicted octanol–water partition coefficient (Wildman–Crippen LogP) is 2.50. The minimum Gasteiger partial charge on any atom is -0.496 e. The summed E-state index contributed by atoms with van der Waals surface area (Å²) in [4.78, 5) is 23.2. The Kier molecular flexibility index (Phi) is 4.35. The zero-order valence-corrected chi connectivity index (χ0v) is 13.4. The number of nitrogens with zero attached hydrogens (tertiary/aromatic N) is 1. The van der Waals surface area contributed by atoms with Gasteiger partial charge in [-0.25, -0.2) is 0 Å². The van der Waals surface area contributed by atoms with Gasteiger partial charge in [-0.15, -0.1) is 0 Å². The number of methoxy groups -OCH3 is 2. The lowest BCUT2D eigenvalue weighted by atomic mass is 9.97. The zero-order valence-electron chi connectivity index (χ0n) is 13.4. The van der Waals surface area contributed by atoms with Crippen molar-refractivity contribution in [2.24, 2.45) is 7.05 Å². The number of aldehydes is 1. The molecule has 0 spiro atoms. The van der Waals surface area contributed by atoms with E-state index in [0.29, 0.717) is 22.6 Å². The summed E-state index contributed by atoms with van der Waals surface area (Å²) < 4.78 is 12.2. The first kappa shape index (κ1) is 15.8. The van der Waals surface area contributed by atoms with Crippen molar-refractivity contribution in [3.63, 3.8) is 0 Å². The molecule has 0 bridgehead atoms. The van der Waals surface area contributed by atoms with Crippen molar-refractivity contribution >= 4 is 6.29 Å². The molecule has 0 amide bonds. The number of pyridine rings is 1. The Hall–Kier alpha value is -2.56. The van der Waals surface area contributed by atoms with Crippen LogP contribution in [-0.2, 0) is 7.05 Å². The molecule has 1 aromatic carbocycles. The van der Waals surface area contributed by atoms with E-state index in [-0.39, 0.29) is 5.56 Å². The summed E-state index contributed by atoms with van der Waals surface area (Å²) in [5.41, 5.74) is 3.59. The molecule has 0 unspecified atom stereocenters. The summed E-state index contributed by atoms with van der Waals surface area (Å²) in [6, 6.07) is 3.40. The van der Waals surface area contributed by atoms with Gasteiger partial charge in [-0.3, -0.25) is 9.59 Å². The molecule has 0 saturated carbocycles. The smallest absolute Gasteiger partial charge is 0.253 e. The third kappa shape index (κ3) is 2.50. The molecule has 116 valence electrons. The molecule has 22 heavy (non-hydrogen) atoms. The number of aryl methyl sites for hydroxylation is 1. The largest absolute Gasteiger partial charge is 0.496 e.